The molecule has 102 valence electrons. The molecule has 0 saturated heterocycles. The summed E-state index contributed by atoms with van der Waals surface area (Å²) in [6.45, 7) is 8.64. The molecule has 3 nitrogen and oxygen atoms in total. The zero-order chi connectivity index (χ0) is 13.2. The number of hydrogen-bond donors (Lipinski definition) is 1. The predicted molar refractivity (Wildman–Crippen MR) is 75.4 cm³/mol. The van der Waals surface area contributed by atoms with Gasteiger partial charge in [0.1, 0.15) is 0 Å². The molecule has 0 aliphatic heterocycles. The van der Waals surface area contributed by atoms with Crippen molar-refractivity contribution in [2.75, 3.05) is 6.54 Å². The standard InChI is InChI=1S/C15H27N3/c1-4-15(6-5-7-15)10-18-11-17-9-14(18)13(8-16)12(2)3/h9,11-13H,4-8,10,16H2,1-3H3. The van der Waals surface area contributed by atoms with Gasteiger partial charge in [-0.1, -0.05) is 27.2 Å². The Bertz CT molecular complexity index is 371. The fourth-order valence-electron chi connectivity index (χ4n) is 3.17. The fraction of sp³-hybridized carbons (Fsp3) is 0.800. The van der Waals surface area contributed by atoms with Crippen molar-refractivity contribution in [3.05, 3.63) is 18.2 Å². The molecule has 0 aromatic carbocycles. The summed E-state index contributed by atoms with van der Waals surface area (Å²) in [4.78, 5) is 4.36. The topological polar surface area (TPSA) is 43.8 Å². The normalized spacial score (nSPS) is 19.8. The zero-order valence-corrected chi connectivity index (χ0v) is 12.0. The van der Waals surface area contributed by atoms with Gasteiger partial charge in [-0.3, -0.25) is 0 Å². The van der Waals surface area contributed by atoms with Crippen LogP contribution in [0.1, 0.15) is 58.1 Å². The molecule has 3 heteroatoms. The maximum absolute atomic E-state index is 5.94. The summed E-state index contributed by atoms with van der Waals surface area (Å²) in [5, 5.41) is 0. The van der Waals surface area contributed by atoms with Crippen LogP contribution in [0.5, 0.6) is 0 Å². The van der Waals surface area contributed by atoms with Gasteiger partial charge in [-0.2, -0.15) is 0 Å². The third-order valence-electron chi connectivity index (χ3n) is 4.85. The average Bonchev–Trinajstić information content (AvgIpc) is 2.72. The highest BCUT2D eigenvalue weighted by atomic mass is 15.1. The van der Waals surface area contributed by atoms with Crippen LogP contribution in [0.3, 0.4) is 0 Å². The SMILES string of the molecule is CCC1(Cn2cncc2C(CN)C(C)C)CCC1. The van der Waals surface area contributed by atoms with Gasteiger partial charge in [0.15, 0.2) is 0 Å². The molecule has 0 bridgehead atoms. The number of nitrogens with zero attached hydrogens (tertiary/aromatic N) is 2. The Morgan fingerprint density at radius 3 is 2.61 bits per heavy atom. The van der Waals surface area contributed by atoms with Crippen molar-refractivity contribution in [2.24, 2.45) is 17.1 Å². The number of rotatable bonds is 6. The summed E-state index contributed by atoms with van der Waals surface area (Å²) in [6, 6.07) is 0. The second-order valence-corrected chi connectivity index (χ2v) is 6.24. The van der Waals surface area contributed by atoms with E-state index in [0.29, 0.717) is 23.8 Å². The average molecular weight is 249 g/mol. The molecule has 1 aliphatic carbocycles. The van der Waals surface area contributed by atoms with Crippen LogP contribution in [0.15, 0.2) is 12.5 Å². The van der Waals surface area contributed by atoms with Crippen molar-refractivity contribution in [2.45, 2.75) is 58.9 Å². The van der Waals surface area contributed by atoms with Crippen LogP contribution in [0.25, 0.3) is 0 Å². The molecule has 1 heterocycles. The van der Waals surface area contributed by atoms with Gasteiger partial charge < -0.3 is 10.3 Å². The van der Waals surface area contributed by atoms with E-state index < -0.39 is 0 Å². The first-order valence-electron chi connectivity index (χ1n) is 7.32. The quantitative estimate of drug-likeness (QED) is 0.841. The van der Waals surface area contributed by atoms with Crippen LogP contribution in [-0.2, 0) is 6.54 Å². The van der Waals surface area contributed by atoms with E-state index >= 15 is 0 Å². The Kier molecular flexibility index (Phi) is 4.10. The van der Waals surface area contributed by atoms with Crippen molar-refractivity contribution in [3.63, 3.8) is 0 Å². The lowest BCUT2D eigenvalue weighted by Gasteiger charge is -2.42. The Balaban J connectivity index is 2.17. The van der Waals surface area contributed by atoms with Crippen LogP contribution >= 0.6 is 0 Å². The van der Waals surface area contributed by atoms with Crippen molar-refractivity contribution in [1.82, 2.24) is 9.55 Å². The molecule has 0 amide bonds. The van der Waals surface area contributed by atoms with Gasteiger partial charge in [-0.15, -0.1) is 0 Å². The highest BCUT2D eigenvalue weighted by Gasteiger charge is 2.36. The van der Waals surface area contributed by atoms with E-state index in [0.717, 1.165) is 6.54 Å². The number of aromatic nitrogens is 2. The van der Waals surface area contributed by atoms with E-state index in [2.05, 4.69) is 30.3 Å². The second kappa shape index (κ2) is 5.43. The monoisotopic (exact) mass is 249 g/mol. The zero-order valence-electron chi connectivity index (χ0n) is 12.0. The maximum Gasteiger partial charge on any atom is 0.0948 e. The van der Waals surface area contributed by atoms with E-state index in [9.17, 15) is 0 Å². The van der Waals surface area contributed by atoms with Crippen molar-refractivity contribution < 1.29 is 0 Å². The molecule has 0 radical (unpaired) electrons. The third-order valence-corrected chi connectivity index (χ3v) is 4.85. The summed E-state index contributed by atoms with van der Waals surface area (Å²) in [7, 11) is 0. The lowest BCUT2D eigenvalue weighted by atomic mass is 9.67. The van der Waals surface area contributed by atoms with E-state index in [1.165, 1.54) is 31.4 Å². The Labute approximate surface area is 111 Å². The van der Waals surface area contributed by atoms with Gasteiger partial charge in [0.2, 0.25) is 0 Å². The first-order valence-corrected chi connectivity index (χ1v) is 7.32. The molecule has 2 rings (SSSR count). The fourth-order valence-corrected chi connectivity index (χ4v) is 3.17. The molecular formula is C15H27N3. The number of hydrogen-bond acceptors (Lipinski definition) is 2. The molecule has 1 aliphatic rings. The largest absolute Gasteiger partial charge is 0.334 e. The molecule has 18 heavy (non-hydrogen) atoms. The lowest BCUT2D eigenvalue weighted by Crippen LogP contribution is -2.34. The van der Waals surface area contributed by atoms with Crippen molar-refractivity contribution in [3.8, 4) is 0 Å². The van der Waals surface area contributed by atoms with Gasteiger partial charge in [0, 0.05) is 30.9 Å². The van der Waals surface area contributed by atoms with E-state index in [1.54, 1.807) is 0 Å². The highest BCUT2D eigenvalue weighted by molar-refractivity contribution is 5.09. The summed E-state index contributed by atoms with van der Waals surface area (Å²) in [5.41, 5.74) is 7.79. The Morgan fingerprint density at radius 2 is 2.17 bits per heavy atom. The molecule has 1 aromatic rings. The van der Waals surface area contributed by atoms with Gasteiger partial charge in [-0.05, 0) is 30.6 Å². The molecule has 1 saturated carbocycles. The molecule has 1 unspecified atom stereocenters. The molecule has 1 aromatic heterocycles. The van der Waals surface area contributed by atoms with Crippen molar-refractivity contribution >= 4 is 0 Å². The van der Waals surface area contributed by atoms with E-state index in [-0.39, 0.29) is 0 Å². The molecular weight excluding hydrogens is 222 g/mol. The smallest absolute Gasteiger partial charge is 0.0948 e. The Hall–Kier alpha value is -0.830. The van der Waals surface area contributed by atoms with Crippen LogP contribution in [0.4, 0.5) is 0 Å². The first kappa shape index (κ1) is 13.6. The summed E-state index contributed by atoms with van der Waals surface area (Å²) in [6.07, 6.45) is 9.42. The molecule has 1 fully saturated rings. The van der Waals surface area contributed by atoms with Crippen LogP contribution in [0, 0.1) is 11.3 Å². The van der Waals surface area contributed by atoms with Crippen LogP contribution in [-0.4, -0.2) is 16.1 Å². The molecule has 0 spiro atoms. The first-order chi connectivity index (χ1) is 8.62. The minimum Gasteiger partial charge on any atom is -0.334 e. The number of nitrogens with two attached hydrogens (primary N) is 1. The third kappa shape index (κ3) is 2.46. The van der Waals surface area contributed by atoms with Gasteiger partial charge in [0.25, 0.3) is 0 Å². The molecule has 1 atom stereocenters. The second-order valence-electron chi connectivity index (χ2n) is 6.24. The van der Waals surface area contributed by atoms with Gasteiger partial charge in [-0.25, -0.2) is 4.98 Å². The van der Waals surface area contributed by atoms with Crippen molar-refractivity contribution in [1.29, 1.82) is 0 Å². The summed E-state index contributed by atoms with van der Waals surface area (Å²) < 4.78 is 2.36. The maximum atomic E-state index is 5.94. The minimum atomic E-state index is 0.432. The van der Waals surface area contributed by atoms with Crippen LogP contribution in [0.2, 0.25) is 0 Å². The Morgan fingerprint density at radius 1 is 1.44 bits per heavy atom. The summed E-state index contributed by atoms with van der Waals surface area (Å²) in [5.74, 6) is 1.01. The van der Waals surface area contributed by atoms with Gasteiger partial charge in [0.05, 0.1) is 6.33 Å². The molecule has 2 N–H and O–H groups in total. The predicted octanol–water partition coefficient (Wildman–Crippen LogP) is 3.16. The van der Waals surface area contributed by atoms with E-state index in [1.807, 2.05) is 12.5 Å². The lowest BCUT2D eigenvalue weighted by molar-refractivity contribution is 0.0983. The van der Waals surface area contributed by atoms with E-state index in [4.69, 9.17) is 5.73 Å². The highest BCUT2D eigenvalue weighted by Crippen LogP contribution is 2.45. The number of imidazole rings is 1. The van der Waals surface area contributed by atoms with Crippen LogP contribution < -0.4 is 5.73 Å². The summed E-state index contributed by atoms with van der Waals surface area (Å²) >= 11 is 0. The van der Waals surface area contributed by atoms with Gasteiger partial charge >= 0.3 is 0 Å². The minimum absolute atomic E-state index is 0.432.